The van der Waals surface area contributed by atoms with Crippen LogP contribution in [0.2, 0.25) is 5.02 Å². The van der Waals surface area contributed by atoms with Crippen LogP contribution in [0.5, 0.6) is 0 Å². The van der Waals surface area contributed by atoms with E-state index in [4.69, 9.17) is 11.6 Å². The Morgan fingerprint density at radius 2 is 1.90 bits per heavy atom. The van der Waals surface area contributed by atoms with Crippen LogP contribution in [0.25, 0.3) is 0 Å². The monoisotopic (exact) mass is 434 g/mol. The molecular weight excluding hydrogens is 408 g/mol. The lowest BCUT2D eigenvalue weighted by Gasteiger charge is -2.29. The third-order valence-corrected chi connectivity index (χ3v) is 7.77. The van der Waals surface area contributed by atoms with E-state index in [0.29, 0.717) is 19.0 Å². The summed E-state index contributed by atoms with van der Waals surface area (Å²) >= 11 is 6.26. The van der Waals surface area contributed by atoms with E-state index in [-0.39, 0.29) is 15.5 Å². The molecule has 0 spiro atoms. The molecule has 0 radical (unpaired) electrons. The second kappa shape index (κ2) is 8.86. The Morgan fingerprint density at radius 1 is 1.21 bits per heavy atom. The molecule has 156 valence electrons. The van der Waals surface area contributed by atoms with Gasteiger partial charge in [0, 0.05) is 18.8 Å². The van der Waals surface area contributed by atoms with Crippen LogP contribution in [0.1, 0.15) is 48.2 Å². The molecule has 1 saturated heterocycles. The molecule has 1 N–H and O–H groups in total. The van der Waals surface area contributed by atoms with Crippen LogP contribution in [-0.2, 0) is 16.4 Å². The van der Waals surface area contributed by atoms with Gasteiger partial charge >= 0.3 is 0 Å². The quantitative estimate of drug-likeness (QED) is 0.728. The molecule has 5 nitrogen and oxygen atoms in total. The van der Waals surface area contributed by atoms with Gasteiger partial charge in [-0.15, -0.1) is 0 Å². The van der Waals surface area contributed by atoms with Crippen LogP contribution in [0.3, 0.4) is 0 Å². The average molecular weight is 435 g/mol. The Balaban J connectivity index is 1.91. The highest BCUT2D eigenvalue weighted by Gasteiger charge is 2.29. The number of rotatable bonds is 5. The van der Waals surface area contributed by atoms with E-state index in [1.165, 1.54) is 22.5 Å². The molecule has 1 amide bonds. The van der Waals surface area contributed by atoms with Gasteiger partial charge in [0.05, 0.1) is 15.5 Å². The van der Waals surface area contributed by atoms with Crippen molar-refractivity contribution >= 4 is 33.2 Å². The molecule has 0 atom stereocenters. The lowest BCUT2D eigenvalue weighted by Crippen LogP contribution is -2.37. The molecule has 7 heteroatoms. The van der Waals surface area contributed by atoms with Gasteiger partial charge in [0.2, 0.25) is 10.0 Å². The van der Waals surface area contributed by atoms with E-state index >= 15 is 0 Å². The first kappa shape index (κ1) is 21.8. The zero-order valence-corrected chi connectivity index (χ0v) is 18.6. The molecule has 1 aliphatic rings. The molecule has 0 aliphatic carbocycles. The minimum Gasteiger partial charge on any atom is -0.321 e. The number of amides is 1. The highest BCUT2D eigenvalue weighted by Crippen LogP contribution is 2.28. The summed E-state index contributed by atoms with van der Waals surface area (Å²) in [5, 5.41) is 3.14. The van der Waals surface area contributed by atoms with Gasteiger partial charge in [-0.1, -0.05) is 43.6 Å². The number of para-hydroxylation sites is 1. The van der Waals surface area contributed by atoms with Crippen LogP contribution in [0.15, 0.2) is 41.3 Å². The number of sulfonamides is 1. The summed E-state index contributed by atoms with van der Waals surface area (Å²) in [5.41, 5.74) is 2.86. The molecule has 1 heterocycles. The summed E-state index contributed by atoms with van der Waals surface area (Å²) in [4.78, 5) is 13.0. The average Bonchev–Trinajstić information content (AvgIpc) is 2.70. The maximum absolute atomic E-state index is 13.0. The molecule has 0 bridgehead atoms. The molecule has 0 saturated carbocycles. The van der Waals surface area contributed by atoms with E-state index in [1.807, 2.05) is 32.0 Å². The van der Waals surface area contributed by atoms with Crippen molar-refractivity contribution in [3.05, 3.63) is 58.1 Å². The largest absolute Gasteiger partial charge is 0.321 e. The number of hydrogen-bond acceptors (Lipinski definition) is 3. The number of hydrogen-bond donors (Lipinski definition) is 1. The van der Waals surface area contributed by atoms with Crippen molar-refractivity contribution in [1.29, 1.82) is 0 Å². The first-order chi connectivity index (χ1) is 13.7. The number of nitrogens with zero attached hydrogens (tertiary/aromatic N) is 1. The number of benzene rings is 2. The van der Waals surface area contributed by atoms with Gasteiger partial charge in [-0.25, -0.2) is 8.42 Å². The molecule has 29 heavy (non-hydrogen) atoms. The first-order valence-corrected chi connectivity index (χ1v) is 11.8. The highest BCUT2D eigenvalue weighted by atomic mass is 35.5. The predicted molar refractivity (Wildman–Crippen MR) is 117 cm³/mol. The van der Waals surface area contributed by atoms with Gasteiger partial charge in [0.1, 0.15) is 0 Å². The number of halogens is 1. The predicted octanol–water partition coefficient (Wildman–Crippen LogP) is 4.88. The smallest absolute Gasteiger partial charge is 0.257 e. The Bertz CT molecular complexity index is 1010. The van der Waals surface area contributed by atoms with E-state index < -0.39 is 15.9 Å². The van der Waals surface area contributed by atoms with Gasteiger partial charge in [0.15, 0.2) is 0 Å². The number of anilines is 1. The maximum atomic E-state index is 13.0. The highest BCUT2D eigenvalue weighted by molar-refractivity contribution is 7.89. The van der Waals surface area contributed by atoms with Crippen LogP contribution >= 0.6 is 11.6 Å². The number of carbonyl (C=O) groups excluding carboxylic acids is 1. The first-order valence-electron chi connectivity index (χ1n) is 9.93. The lowest BCUT2D eigenvalue weighted by molar-refractivity contribution is 0.102. The summed E-state index contributed by atoms with van der Waals surface area (Å²) < 4.78 is 27.6. The van der Waals surface area contributed by atoms with Crippen LogP contribution < -0.4 is 5.32 Å². The summed E-state index contributed by atoms with van der Waals surface area (Å²) in [6.45, 7) is 7.07. The molecule has 2 aromatic rings. The third-order valence-electron chi connectivity index (χ3n) is 5.54. The number of nitrogens with one attached hydrogen (secondary N) is 1. The second-order valence-electron chi connectivity index (χ2n) is 7.64. The Kier molecular flexibility index (Phi) is 6.66. The fourth-order valence-corrected chi connectivity index (χ4v) is 5.30. The van der Waals surface area contributed by atoms with E-state index in [9.17, 15) is 13.2 Å². The van der Waals surface area contributed by atoms with Gasteiger partial charge < -0.3 is 5.32 Å². The topological polar surface area (TPSA) is 66.5 Å². The van der Waals surface area contributed by atoms with E-state index in [1.54, 1.807) is 0 Å². The van der Waals surface area contributed by atoms with Gasteiger partial charge in [0.25, 0.3) is 5.91 Å². The summed E-state index contributed by atoms with van der Waals surface area (Å²) in [6.07, 6.45) is 2.45. The third kappa shape index (κ3) is 4.65. The summed E-state index contributed by atoms with van der Waals surface area (Å²) in [6, 6.07) is 10.2. The summed E-state index contributed by atoms with van der Waals surface area (Å²) in [5.74, 6) is 0.109. The summed E-state index contributed by atoms with van der Waals surface area (Å²) in [7, 11) is -3.66. The van der Waals surface area contributed by atoms with Gasteiger partial charge in [-0.05, 0) is 61.4 Å². The van der Waals surface area contributed by atoms with Crippen LogP contribution in [0, 0.1) is 12.8 Å². The van der Waals surface area contributed by atoms with Crippen molar-refractivity contribution in [1.82, 2.24) is 4.31 Å². The zero-order chi connectivity index (χ0) is 21.2. The van der Waals surface area contributed by atoms with E-state index in [2.05, 4.69) is 12.2 Å². The van der Waals surface area contributed by atoms with Crippen molar-refractivity contribution in [3.63, 3.8) is 0 Å². The molecule has 2 aromatic carbocycles. The van der Waals surface area contributed by atoms with Crippen molar-refractivity contribution in [3.8, 4) is 0 Å². The fraction of sp³-hybridized carbons (Fsp3) is 0.409. The standard InChI is InChI=1S/C22H27ClN2O3S/c1-4-17-7-5-6-16(3)21(17)24-22(26)19-14-18(8-9-20(19)23)29(27,28)25-12-10-15(2)11-13-25/h5-9,14-15H,4,10-13H2,1-3H3,(H,24,26). The zero-order valence-electron chi connectivity index (χ0n) is 17.0. The SMILES string of the molecule is CCc1cccc(C)c1NC(=O)c1cc(S(=O)(=O)N2CCC(C)CC2)ccc1Cl. The normalized spacial score (nSPS) is 16.0. The molecule has 0 aromatic heterocycles. The Hall–Kier alpha value is -1.89. The number of aryl methyl sites for hydroxylation is 2. The number of carbonyl (C=O) groups is 1. The van der Waals surface area contributed by atoms with Crippen molar-refractivity contribution in [2.24, 2.45) is 5.92 Å². The fourth-order valence-electron chi connectivity index (χ4n) is 3.60. The second-order valence-corrected chi connectivity index (χ2v) is 9.99. The van der Waals surface area contributed by atoms with Gasteiger partial charge in [-0.2, -0.15) is 4.31 Å². The molecule has 0 unspecified atom stereocenters. The van der Waals surface area contributed by atoms with Crippen molar-refractivity contribution < 1.29 is 13.2 Å². The van der Waals surface area contributed by atoms with E-state index in [0.717, 1.165) is 36.1 Å². The van der Waals surface area contributed by atoms with Crippen molar-refractivity contribution in [2.75, 3.05) is 18.4 Å². The Morgan fingerprint density at radius 3 is 2.55 bits per heavy atom. The minimum atomic E-state index is -3.66. The molecule has 1 aliphatic heterocycles. The van der Waals surface area contributed by atoms with Crippen LogP contribution in [0.4, 0.5) is 5.69 Å². The minimum absolute atomic E-state index is 0.0992. The molecule has 3 rings (SSSR count). The Labute approximate surface area is 178 Å². The van der Waals surface area contributed by atoms with Crippen molar-refractivity contribution in [2.45, 2.75) is 44.9 Å². The van der Waals surface area contributed by atoms with Gasteiger partial charge in [-0.3, -0.25) is 4.79 Å². The lowest BCUT2D eigenvalue weighted by atomic mass is 10.0. The van der Waals surface area contributed by atoms with Crippen LogP contribution in [-0.4, -0.2) is 31.7 Å². The number of piperidine rings is 1. The molecule has 1 fully saturated rings. The maximum Gasteiger partial charge on any atom is 0.257 e. The molecular formula is C22H27ClN2O3S.